The molecular weight excluding hydrogens is 517 g/mol. The first-order chi connectivity index (χ1) is 18.0. The maximum Gasteiger partial charge on any atom is 0.573 e. The van der Waals surface area contributed by atoms with Crippen LogP contribution in [0.25, 0.3) is 10.8 Å². The number of sulfonamides is 1. The number of aromatic nitrogens is 1. The summed E-state index contributed by atoms with van der Waals surface area (Å²) >= 11 is 0. The number of ether oxygens (including phenoxy) is 1. The first-order valence-electron chi connectivity index (χ1n) is 11.7. The summed E-state index contributed by atoms with van der Waals surface area (Å²) in [5, 5.41) is 9.38. The number of benzene rings is 3. The van der Waals surface area contributed by atoms with Crippen molar-refractivity contribution in [2.24, 2.45) is 5.73 Å². The van der Waals surface area contributed by atoms with Crippen molar-refractivity contribution in [3.8, 4) is 5.75 Å². The number of pyridine rings is 1. The Morgan fingerprint density at radius 2 is 1.68 bits per heavy atom. The maximum absolute atomic E-state index is 14.0. The van der Waals surface area contributed by atoms with Crippen molar-refractivity contribution in [3.63, 3.8) is 0 Å². The number of halogens is 3. The molecule has 0 unspecified atom stereocenters. The second-order valence-electron chi connectivity index (χ2n) is 9.00. The molecule has 3 N–H and O–H groups in total. The zero-order chi connectivity index (χ0) is 27.1. The molecule has 0 spiro atoms. The molecule has 0 atom stereocenters. The van der Waals surface area contributed by atoms with Crippen LogP contribution in [0.4, 0.5) is 19.0 Å². The van der Waals surface area contributed by atoms with Gasteiger partial charge in [0.05, 0.1) is 11.4 Å². The predicted molar refractivity (Wildman–Crippen MR) is 138 cm³/mol. The van der Waals surface area contributed by atoms with Crippen molar-refractivity contribution in [2.45, 2.75) is 36.6 Å². The van der Waals surface area contributed by atoms with Gasteiger partial charge in [-0.05, 0) is 66.1 Å². The monoisotopic (exact) mass is 540 g/mol. The van der Waals surface area contributed by atoms with E-state index >= 15 is 0 Å². The highest BCUT2D eigenvalue weighted by atomic mass is 32.2. The molecule has 196 valence electrons. The number of hydrogen-bond acceptors (Lipinski definition) is 5. The van der Waals surface area contributed by atoms with E-state index in [1.165, 1.54) is 40.7 Å². The second kappa shape index (κ2) is 9.64. The molecule has 1 heterocycles. The molecule has 5 rings (SSSR count). The number of fused-ring (bicyclic) bond motifs is 1. The molecule has 0 amide bonds. The quantitative estimate of drug-likeness (QED) is 0.220. The normalized spacial score (nSPS) is 13.9. The molecule has 38 heavy (non-hydrogen) atoms. The van der Waals surface area contributed by atoms with Crippen LogP contribution in [-0.4, -0.2) is 25.6 Å². The number of anilines is 1. The fourth-order valence-electron chi connectivity index (χ4n) is 4.32. The lowest BCUT2D eigenvalue weighted by Gasteiger charge is -2.27. The number of amidine groups is 1. The average Bonchev–Trinajstić information content (AvgIpc) is 3.72. The first-order valence-corrected chi connectivity index (χ1v) is 13.2. The third-order valence-electron chi connectivity index (χ3n) is 6.28. The van der Waals surface area contributed by atoms with Gasteiger partial charge < -0.3 is 10.5 Å². The van der Waals surface area contributed by atoms with Crippen molar-refractivity contribution in [3.05, 3.63) is 95.7 Å². The summed E-state index contributed by atoms with van der Waals surface area (Å²) < 4.78 is 71.0. The number of nitrogens with two attached hydrogens (primary N) is 1. The molecule has 4 aromatic rings. The van der Waals surface area contributed by atoms with Crippen LogP contribution in [0.2, 0.25) is 0 Å². The van der Waals surface area contributed by atoms with Gasteiger partial charge in [-0.2, -0.15) is 0 Å². The molecule has 7 nitrogen and oxygen atoms in total. The third-order valence-corrected chi connectivity index (χ3v) is 8.03. The Balaban J connectivity index is 1.62. The number of nitrogen functional groups attached to an aromatic ring is 1. The van der Waals surface area contributed by atoms with E-state index in [0.29, 0.717) is 11.1 Å². The highest BCUT2D eigenvalue weighted by Crippen LogP contribution is 2.47. The number of alkyl halides is 3. The lowest BCUT2D eigenvalue weighted by Crippen LogP contribution is -2.32. The van der Waals surface area contributed by atoms with Crippen molar-refractivity contribution in [2.75, 3.05) is 4.31 Å². The Kier molecular flexibility index (Phi) is 6.47. The number of rotatable bonds is 8. The SMILES string of the molecule is N=C(N)c1ccc(S(=O)(=O)N(Cc2ccc(OC(F)(F)F)cc2)c2ncc3ccccc3c2C2CC2)cc1. The minimum Gasteiger partial charge on any atom is -0.406 e. The molecule has 1 aromatic heterocycles. The fraction of sp³-hybridized carbons (Fsp3) is 0.185. The summed E-state index contributed by atoms with van der Waals surface area (Å²) in [7, 11) is -4.18. The Labute approximate surface area is 217 Å². The van der Waals surface area contributed by atoms with E-state index in [2.05, 4.69) is 9.72 Å². The molecule has 1 fully saturated rings. The number of nitrogens with one attached hydrogen (secondary N) is 1. The van der Waals surface area contributed by atoms with Gasteiger partial charge in [-0.1, -0.05) is 36.4 Å². The summed E-state index contributed by atoms with van der Waals surface area (Å²) in [4.78, 5) is 4.56. The predicted octanol–water partition coefficient (Wildman–Crippen LogP) is 5.69. The Morgan fingerprint density at radius 1 is 1.03 bits per heavy atom. The van der Waals surface area contributed by atoms with E-state index < -0.39 is 22.1 Å². The minimum absolute atomic E-state index is 0.0313. The Hall–Kier alpha value is -4.12. The van der Waals surface area contributed by atoms with Gasteiger partial charge >= 0.3 is 6.36 Å². The summed E-state index contributed by atoms with van der Waals surface area (Å²) in [6, 6.07) is 18.3. The van der Waals surface area contributed by atoms with Crippen molar-refractivity contribution in [1.29, 1.82) is 5.41 Å². The van der Waals surface area contributed by atoms with Crippen LogP contribution in [0.5, 0.6) is 5.75 Å². The van der Waals surface area contributed by atoms with Crippen LogP contribution in [0.3, 0.4) is 0 Å². The van der Waals surface area contributed by atoms with E-state index in [0.717, 1.165) is 41.3 Å². The lowest BCUT2D eigenvalue weighted by molar-refractivity contribution is -0.274. The van der Waals surface area contributed by atoms with Crippen LogP contribution in [0, 0.1) is 5.41 Å². The molecule has 1 aliphatic carbocycles. The zero-order valence-electron chi connectivity index (χ0n) is 19.9. The van der Waals surface area contributed by atoms with Gasteiger partial charge in [0.25, 0.3) is 10.0 Å². The highest BCUT2D eigenvalue weighted by molar-refractivity contribution is 7.92. The highest BCUT2D eigenvalue weighted by Gasteiger charge is 2.35. The number of nitrogens with zero attached hydrogens (tertiary/aromatic N) is 2. The van der Waals surface area contributed by atoms with E-state index in [9.17, 15) is 21.6 Å². The summed E-state index contributed by atoms with van der Waals surface area (Å²) in [6.07, 6.45) is -1.42. The van der Waals surface area contributed by atoms with Gasteiger partial charge in [0.2, 0.25) is 0 Å². The molecule has 0 saturated heterocycles. The molecule has 0 radical (unpaired) electrons. The van der Waals surface area contributed by atoms with Gasteiger partial charge in [0.1, 0.15) is 17.4 Å². The molecular formula is C27H23F3N4O3S. The largest absolute Gasteiger partial charge is 0.573 e. The zero-order valence-corrected chi connectivity index (χ0v) is 20.8. The van der Waals surface area contributed by atoms with E-state index in [1.54, 1.807) is 6.20 Å². The van der Waals surface area contributed by atoms with Crippen LogP contribution in [-0.2, 0) is 16.6 Å². The van der Waals surface area contributed by atoms with Crippen molar-refractivity contribution >= 4 is 32.4 Å². The van der Waals surface area contributed by atoms with Crippen LogP contribution >= 0.6 is 0 Å². The van der Waals surface area contributed by atoms with E-state index in [1.807, 2.05) is 24.3 Å². The standard InChI is InChI=1S/C27H23F3N4O3S/c28-27(29,30)37-21-11-5-17(6-12-21)16-34(38(35,36)22-13-9-19(10-14-22)25(31)32)26-24(18-7-8-18)23-4-2-1-3-20(23)15-33-26/h1-6,9-15,18H,7-8,16H2,(H3,31,32). The second-order valence-corrected chi connectivity index (χ2v) is 10.9. The van der Waals surface area contributed by atoms with Gasteiger partial charge in [-0.3, -0.25) is 5.41 Å². The van der Waals surface area contributed by atoms with Crippen LogP contribution < -0.4 is 14.8 Å². The van der Waals surface area contributed by atoms with Crippen LogP contribution in [0.15, 0.2) is 83.9 Å². The molecule has 3 aromatic carbocycles. The average molecular weight is 541 g/mol. The minimum atomic E-state index is -4.84. The van der Waals surface area contributed by atoms with E-state index in [4.69, 9.17) is 11.1 Å². The summed E-state index contributed by atoms with van der Waals surface area (Å²) in [6.45, 7) is -0.172. The number of hydrogen-bond donors (Lipinski definition) is 2. The Morgan fingerprint density at radius 3 is 2.29 bits per heavy atom. The summed E-state index contributed by atoms with van der Waals surface area (Å²) in [5.41, 5.74) is 7.16. The van der Waals surface area contributed by atoms with Gasteiger partial charge in [0.15, 0.2) is 0 Å². The topological polar surface area (TPSA) is 109 Å². The lowest BCUT2D eigenvalue weighted by atomic mass is 10.0. The molecule has 0 aliphatic heterocycles. The van der Waals surface area contributed by atoms with Gasteiger partial charge in [0, 0.05) is 22.7 Å². The van der Waals surface area contributed by atoms with E-state index in [-0.39, 0.29) is 29.0 Å². The molecule has 0 bridgehead atoms. The first kappa shape index (κ1) is 25.5. The van der Waals surface area contributed by atoms with Crippen molar-refractivity contribution in [1.82, 2.24) is 4.98 Å². The van der Waals surface area contributed by atoms with Gasteiger partial charge in [-0.25, -0.2) is 17.7 Å². The molecule has 11 heteroatoms. The maximum atomic E-state index is 14.0. The third kappa shape index (κ3) is 5.28. The smallest absolute Gasteiger partial charge is 0.406 e. The fourth-order valence-corrected chi connectivity index (χ4v) is 5.75. The summed E-state index contributed by atoms with van der Waals surface area (Å²) in [5.74, 6) is -0.182. The Bertz CT molecular complexity index is 1600. The molecule has 1 saturated carbocycles. The van der Waals surface area contributed by atoms with Crippen molar-refractivity contribution < 1.29 is 26.3 Å². The van der Waals surface area contributed by atoms with Crippen LogP contribution in [0.1, 0.15) is 35.4 Å². The molecule has 1 aliphatic rings. The van der Waals surface area contributed by atoms with Gasteiger partial charge in [-0.15, -0.1) is 13.2 Å².